The largest absolute Gasteiger partial charge is 0.465 e. The van der Waals surface area contributed by atoms with E-state index in [1.165, 1.54) is 22.7 Å². The Labute approximate surface area is 232 Å². The standard InChI is InChI=1S/C13H18N4O4S.C8H10N4O2S.ClH/c1-7-8(22-6-14-7)13(9(18)15-10(19)16-13)5-17(11(20)21)12(2,3)4;1-4-5(15-3-10-4)8(2-9)6(13)11-7(14)12-8;/h6H,5H2,1-4H3,(H,20,21)(H2,15,16,18,19);3H,2,9H2,1H3,(H2,11,12,13,14);1H/t13-;8-;/m00./s1. The summed E-state index contributed by atoms with van der Waals surface area (Å²) in [5, 5.41) is 19.0. The number of hydrogen-bond donors (Lipinski definition) is 6. The Morgan fingerprint density at radius 3 is 1.66 bits per heavy atom. The van der Waals surface area contributed by atoms with E-state index in [0.29, 0.717) is 21.1 Å². The van der Waals surface area contributed by atoms with E-state index in [-0.39, 0.29) is 25.5 Å². The number of amides is 7. The Morgan fingerprint density at radius 1 is 0.947 bits per heavy atom. The normalized spacial score (nSPS) is 22.4. The predicted octanol–water partition coefficient (Wildman–Crippen LogP) is 1.13. The first-order valence-electron chi connectivity index (χ1n) is 11.0. The third-order valence-electron chi connectivity index (χ3n) is 5.89. The van der Waals surface area contributed by atoms with E-state index in [2.05, 4.69) is 31.2 Å². The van der Waals surface area contributed by atoms with Crippen LogP contribution in [0.25, 0.3) is 0 Å². The van der Waals surface area contributed by atoms with Gasteiger partial charge in [-0.3, -0.25) is 20.2 Å². The van der Waals surface area contributed by atoms with Crippen LogP contribution in [0.2, 0.25) is 0 Å². The van der Waals surface area contributed by atoms with Gasteiger partial charge in [-0.1, -0.05) is 0 Å². The summed E-state index contributed by atoms with van der Waals surface area (Å²) in [5.41, 5.74) is 6.75. The second-order valence-electron chi connectivity index (χ2n) is 9.40. The molecule has 2 atom stereocenters. The first-order chi connectivity index (χ1) is 17.2. The van der Waals surface area contributed by atoms with Gasteiger partial charge in [0, 0.05) is 12.1 Å². The van der Waals surface area contributed by atoms with Crippen molar-refractivity contribution in [3.63, 3.8) is 0 Å². The zero-order chi connectivity index (χ0) is 27.8. The van der Waals surface area contributed by atoms with Crippen molar-refractivity contribution in [3.8, 4) is 0 Å². The van der Waals surface area contributed by atoms with Gasteiger partial charge >= 0.3 is 18.2 Å². The van der Waals surface area contributed by atoms with E-state index >= 15 is 0 Å². The third kappa shape index (κ3) is 5.57. The third-order valence-corrected chi connectivity index (χ3v) is 8.07. The molecule has 0 saturated carbocycles. The molecule has 38 heavy (non-hydrogen) atoms. The predicted molar refractivity (Wildman–Crippen MR) is 141 cm³/mol. The molecule has 0 spiro atoms. The van der Waals surface area contributed by atoms with Crippen LogP contribution in [0.3, 0.4) is 0 Å². The Kier molecular flexibility index (Phi) is 9.09. The topological polar surface area (TPSA) is 209 Å². The van der Waals surface area contributed by atoms with Crippen molar-refractivity contribution >= 4 is 65.1 Å². The first-order valence-corrected chi connectivity index (χ1v) is 12.7. The summed E-state index contributed by atoms with van der Waals surface area (Å²) in [6.07, 6.45) is -1.16. The summed E-state index contributed by atoms with van der Waals surface area (Å²) in [4.78, 5) is 69.0. The molecule has 0 aromatic carbocycles. The fraction of sp³-hybridized carbons (Fsp3) is 0.476. The lowest BCUT2D eigenvalue weighted by Crippen LogP contribution is -2.58. The van der Waals surface area contributed by atoms with E-state index < -0.39 is 46.6 Å². The molecule has 2 fully saturated rings. The van der Waals surface area contributed by atoms with Crippen molar-refractivity contribution in [2.24, 2.45) is 5.73 Å². The second-order valence-corrected chi connectivity index (χ2v) is 11.1. The number of hydrogen-bond acceptors (Lipinski definition) is 10. The van der Waals surface area contributed by atoms with Crippen LogP contribution >= 0.6 is 35.1 Å². The molecular weight excluding hydrogens is 560 g/mol. The van der Waals surface area contributed by atoms with Crippen molar-refractivity contribution in [3.05, 3.63) is 32.2 Å². The van der Waals surface area contributed by atoms with Crippen molar-refractivity contribution in [1.29, 1.82) is 0 Å². The summed E-state index contributed by atoms with van der Waals surface area (Å²) in [5.74, 6) is -0.984. The van der Waals surface area contributed by atoms with Gasteiger partial charge in [0.1, 0.15) is 0 Å². The Morgan fingerprint density at radius 2 is 1.37 bits per heavy atom. The lowest BCUT2D eigenvalue weighted by Gasteiger charge is -2.38. The number of imide groups is 2. The molecule has 208 valence electrons. The summed E-state index contributed by atoms with van der Waals surface area (Å²) in [6, 6.07) is -1.16. The van der Waals surface area contributed by atoms with Crippen LogP contribution in [0.4, 0.5) is 14.4 Å². The highest BCUT2D eigenvalue weighted by atomic mass is 35.5. The highest BCUT2D eigenvalue weighted by molar-refractivity contribution is 7.10. The summed E-state index contributed by atoms with van der Waals surface area (Å²) in [6.45, 7) is 8.50. The number of rotatable bonds is 5. The molecule has 2 aliphatic heterocycles. The van der Waals surface area contributed by atoms with E-state index in [4.69, 9.17) is 5.73 Å². The van der Waals surface area contributed by atoms with E-state index in [9.17, 15) is 29.1 Å². The molecule has 17 heteroatoms. The average molecular weight is 589 g/mol. The van der Waals surface area contributed by atoms with Gasteiger partial charge in [0.15, 0.2) is 11.1 Å². The average Bonchev–Trinajstić information content (AvgIpc) is 3.54. The molecule has 7 amide bonds. The lowest BCUT2D eigenvalue weighted by molar-refractivity contribution is -0.125. The number of aromatic nitrogens is 2. The summed E-state index contributed by atoms with van der Waals surface area (Å²) in [7, 11) is 0. The van der Waals surface area contributed by atoms with Crippen molar-refractivity contribution in [1.82, 2.24) is 36.1 Å². The van der Waals surface area contributed by atoms with Gasteiger partial charge in [-0.15, -0.1) is 35.1 Å². The van der Waals surface area contributed by atoms with Crippen LogP contribution in [0.15, 0.2) is 11.0 Å². The van der Waals surface area contributed by atoms with Crippen LogP contribution in [0, 0.1) is 13.8 Å². The molecule has 2 aliphatic rings. The van der Waals surface area contributed by atoms with Crippen molar-refractivity contribution in [2.45, 2.75) is 51.2 Å². The Bertz CT molecular complexity index is 1260. The lowest BCUT2D eigenvalue weighted by atomic mass is 9.93. The highest BCUT2D eigenvalue weighted by Crippen LogP contribution is 2.34. The van der Waals surface area contributed by atoms with Gasteiger partial charge in [0.2, 0.25) is 0 Å². The molecular formula is C21H29ClN8O6S2. The van der Waals surface area contributed by atoms with Gasteiger partial charge in [-0.05, 0) is 34.6 Å². The molecule has 14 nitrogen and oxygen atoms in total. The van der Waals surface area contributed by atoms with Gasteiger partial charge in [-0.25, -0.2) is 24.4 Å². The minimum Gasteiger partial charge on any atom is -0.465 e. The molecule has 2 aromatic heterocycles. The van der Waals surface area contributed by atoms with Crippen LogP contribution in [-0.2, 0) is 20.7 Å². The minimum atomic E-state index is -1.45. The van der Waals surface area contributed by atoms with E-state index in [1.54, 1.807) is 45.6 Å². The maximum absolute atomic E-state index is 12.4. The molecule has 0 unspecified atom stereocenters. The fourth-order valence-corrected chi connectivity index (χ4v) is 5.89. The fourth-order valence-electron chi connectivity index (χ4n) is 3.97. The van der Waals surface area contributed by atoms with Gasteiger partial charge in [0.05, 0.1) is 38.7 Å². The SMILES string of the molecule is Cc1ncsc1[C@]1(CN(C(=O)O)C(C)(C)C)NC(=O)NC1=O.Cc1ncsc1[C@]1(CN)NC(=O)NC1=O.Cl. The van der Waals surface area contributed by atoms with E-state index in [0.717, 1.165) is 4.90 Å². The molecule has 4 heterocycles. The smallest absolute Gasteiger partial charge is 0.407 e. The maximum Gasteiger partial charge on any atom is 0.407 e. The number of carbonyl (C=O) groups excluding carboxylic acids is 4. The number of halogens is 1. The van der Waals surface area contributed by atoms with Gasteiger partial charge < -0.3 is 26.4 Å². The van der Waals surface area contributed by atoms with Crippen LogP contribution in [-0.4, -0.2) is 68.6 Å². The van der Waals surface area contributed by atoms with Crippen LogP contribution in [0.5, 0.6) is 0 Å². The van der Waals surface area contributed by atoms with Gasteiger partial charge in [0.25, 0.3) is 11.8 Å². The molecule has 0 radical (unpaired) electrons. The monoisotopic (exact) mass is 588 g/mol. The van der Waals surface area contributed by atoms with Crippen LogP contribution in [0.1, 0.15) is 41.9 Å². The van der Waals surface area contributed by atoms with Crippen molar-refractivity contribution in [2.75, 3.05) is 13.1 Å². The number of aryl methyl sites for hydroxylation is 2. The number of carbonyl (C=O) groups is 5. The number of nitrogens with two attached hydrogens (primary N) is 1. The first kappa shape index (κ1) is 30.9. The molecule has 4 rings (SSSR count). The molecule has 2 saturated heterocycles. The summed E-state index contributed by atoms with van der Waals surface area (Å²) >= 11 is 2.52. The maximum atomic E-state index is 12.4. The van der Waals surface area contributed by atoms with Gasteiger partial charge in [-0.2, -0.15) is 0 Å². The summed E-state index contributed by atoms with van der Waals surface area (Å²) < 4.78 is 0. The number of nitrogens with zero attached hydrogens (tertiary/aromatic N) is 3. The molecule has 7 N–H and O–H groups in total. The number of nitrogens with one attached hydrogen (secondary N) is 4. The zero-order valence-corrected chi connectivity index (χ0v) is 23.7. The Balaban J connectivity index is 0.000000277. The Hall–Kier alpha value is -3.34. The molecule has 0 aliphatic carbocycles. The van der Waals surface area contributed by atoms with E-state index in [1.807, 2.05) is 0 Å². The molecule has 0 bridgehead atoms. The minimum absolute atomic E-state index is 0. The molecule has 2 aromatic rings. The zero-order valence-electron chi connectivity index (χ0n) is 21.2. The second kappa shape index (κ2) is 11.2. The number of carboxylic acid groups (broad SMARTS) is 1. The quantitative estimate of drug-likeness (QED) is 0.276. The highest BCUT2D eigenvalue weighted by Gasteiger charge is 2.53. The number of urea groups is 2. The van der Waals surface area contributed by atoms with Crippen LogP contribution < -0.4 is 27.0 Å². The number of thiazole rings is 2. The van der Waals surface area contributed by atoms with Crippen molar-refractivity contribution < 1.29 is 29.1 Å².